The van der Waals surface area contributed by atoms with E-state index in [1.165, 1.54) is 10.6 Å². The number of urea groups is 1. The van der Waals surface area contributed by atoms with Crippen LogP contribution in [0.1, 0.15) is 11.1 Å². The third kappa shape index (κ3) is 5.12. The third-order valence-corrected chi connectivity index (χ3v) is 4.83. The Morgan fingerprint density at radius 1 is 1.07 bits per heavy atom. The standard InChI is InChI=1S/C20H18Cl2N4O2/c1-25(11-14-6-8-23-9-7-14)20(28)24-16-3-5-19(27)26(13-16)12-15-2-4-17(21)18(22)10-15/h2-10,13H,11-12H2,1H3,(H,24,28). The summed E-state index contributed by atoms with van der Waals surface area (Å²) in [5, 5.41) is 3.68. The number of halogens is 2. The molecule has 144 valence electrons. The molecule has 1 N–H and O–H groups in total. The molecule has 0 atom stereocenters. The quantitative estimate of drug-likeness (QED) is 0.675. The van der Waals surface area contributed by atoms with E-state index in [1.807, 2.05) is 12.1 Å². The highest BCUT2D eigenvalue weighted by Crippen LogP contribution is 2.23. The summed E-state index contributed by atoms with van der Waals surface area (Å²) in [6.45, 7) is 0.754. The van der Waals surface area contributed by atoms with Crippen LogP contribution in [-0.4, -0.2) is 27.5 Å². The number of hydrogen-bond donors (Lipinski definition) is 1. The zero-order chi connectivity index (χ0) is 20.1. The van der Waals surface area contributed by atoms with Crippen molar-refractivity contribution in [3.8, 4) is 0 Å². The van der Waals surface area contributed by atoms with Gasteiger partial charge in [-0.15, -0.1) is 0 Å². The van der Waals surface area contributed by atoms with Gasteiger partial charge < -0.3 is 14.8 Å². The fraction of sp³-hybridized carbons (Fsp3) is 0.150. The van der Waals surface area contributed by atoms with Crippen molar-refractivity contribution in [2.75, 3.05) is 12.4 Å². The lowest BCUT2D eigenvalue weighted by Crippen LogP contribution is -2.31. The Hall–Kier alpha value is -2.83. The molecule has 0 unspecified atom stereocenters. The van der Waals surface area contributed by atoms with E-state index in [4.69, 9.17) is 23.2 Å². The molecule has 0 radical (unpaired) electrons. The van der Waals surface area contributed by atoms with Crippen molar-refractivity contribution in [2.24, 2.45) is 0 Å². The van der Waals surface area contributed by atoms with E-state index in [-0.39, 0.29) is 11.6 Å². The van der Waals surface area contributed by atoms with Crippen LogP contribution < -0.4 is 10.9 Å². The molecule has 2 aromatic heterocycles. The predicted octanol–water partition coefficient (Wildman–Crippen LogP) is 4.26. The fourth-order valence-corrected chi connectivity index (χ4v) is 2.94. The monoisotopic (exact) mass is 416 g/mol. The molecule has 0 aliphatic heterocycles. The van der Waals surface area contributed by atoms with Crippen molar-refractivity contribution in [1.82, 2.24) is 14.5 Å². The van der Waals surface area contributed by atoms with Crippen molar-refractivity contribution < 1.29 is 4.79 Å². The topological polar surface area (TPSA) is 67.2 Å². The summed E-state index contributed by atoms with van der Waals surface area (Å²) < 4.78 is 1.50. The lowest BCUT2D eigenvalue weighted by Gasteiger charge is -2.18. The number of rotatable bonds is 5. The minimum Gasteiger partial charge on any atom is -0.323 e. The first kappa shape index (κ1) is 19.9. The molecule has 0 aliphatic rings. The first-order valence-corrected chi connectivity index (χ1v) is 9.23. The molecular formula is C20H18Cl2N4O2. The van der Waals surface area contributed by atoms with Gasteiger partial charge in [-0.25, -0.2) is 4.79 Å². The maximum absolute atomic E-state index is 12.4. The smallest absolute Gasteiger partial charge is 0.321 e. The van der Waals surface area contributed by atoms with Crippen LogP contribution in [0.15, 0.2) is 65.8 Å². The van der Waals surface area contributed by atoms with Crippen LogP contribution in [0.5, 0.6) is 0 Å². The van der Waals surface area contributed by atoms with Crippen molar-refractivity contribution in [1.29, 1.82) is 0 Å². The average molecular weight is 417 g/mol. The number of nitrogens with one attached hydrogen (secondary N) is 1. The Bertz CT molecular complexity index is 1040. The van der Waals surface area contributed by atoms with Crippen LogP contribution in [0, 0.1) is 0 Å². The lowest BCUT2D eigenvalue weighted by atomic mass is 10.2. The average Bonchev–Trinajstić information content (AvgIpc) is 2.68. The molecule has 0 saturated carbocycles. The minimum absolute atomic E-state index is 0.186. The number of aromatic nitrogens is 2. The van der Waals surface area contributed by atoms with Gasteiger partial charge in [-0.05, 0) is 41.5 Å². The zero-order valence-electron chi connectivity index (χ0n) is 15.1. The molecule has 1 aromatic carbocycles. The normalized spacial score (nSPS) is 10.5. The molecule has 0 bridgehead atoms. The first-order chi connectivity index (χ1) is 13.4. The van der Waals surface area contributed by atoms with Gasteiger partial charge in [0.2, 0.25) is 0 Å². The Kier molecular flexibility index (Phi) is 6.34. The Balaban J connectivity index is 1.70. The number of pyridine rings is 2. The summed E-state index contributed by atoms with van der Waals surface area (Å²) in [6.07, 6.45) is 4.96. The van der Waals surface area contributed by atoms with Gasteiger partial charge in [0, 0.05) is 38.2 Å². The van der Waals surface area contributed by atoms with Crippen LogP contribution in [0.2, 0.25) is 10.0 Å². The van der Waals surface area contributed by atoms with Crippen molar-refractivity contribution >= 4 is 34.9 Å². The van der Waals surface area contributed by atoms with E-state index in [0.29, 0.717) is 28.8 Å². The van der Waals surface area contributed by atoms with Gasteiger partial charge in [-0.1, -0.05) is 29.3 Å². The highest BCUT2D eigenvalue weighted by molar-refractivity contribution is 6.42. The minimum atomic E-state index is -0.281. The number of hydrogen-bond acceptors (Lipinski definition) is 3. The van der Waals surface area contributed by atoms with E-state index >= 15 is 0 Å². The molecule has 3 aromatic rings. The van der Waals surface area contributed by atoms with Crippen LogP contribution in [0.4, 0.5) is 10.5 Å². The Labute approximate surface area is 172 Å². The molecule has 2 amide bonds. The zero-order valence-corrected chi connectivity index (χ0v) is 16.6. The maximum Gasteiger partial charge on any atom is 0.321 e. The number of carbonyl (C=O) groups excluding carboxylic acids is 1. The summed E-state index contributed by atoms with van der Waals surface area (Å²) in [6, 6.07) is 11.6. The Morgan fingerprint density at radius 3 is 2.54 bits per heavy atom. The second-order valence-electron chi connectivity index (χ2n) is 6.27. The maximum atomic E-state index is 12.4. The van der Waals surface area contributed by atoms with Gasteiger partial charge >= 0.3 is 6.03 Å². The molecule has 8 heteroatoms. The van der Waals surface area contributed by atoms with Crippen molar-refractivity contribution in [3.05, 3.63) is 92.6 Å². The number of carbonyl (C=O) groups is 1. The summed E-state index contributed by atoms with van der Waals surface area (Å²) in [5.41, 5.74) is 2.13. The number of benzene rings is 1. The van der Waals surface area contributed by atoms with E-state index in [2.05, 4.69) is 10.3 Å². The molecular weight excluding hydrogens is 399 g/mol. The molecule has 0 aliphatic carbocycles. The number of anilines is 1. The van der Waals surface area contributed by atoms with Gasteiger partial charge in [-0.3, -0.25) is 9.78 Å². The lowest BCUT2D eigenvalue weighted by molar-refractivity contribution is 0.220. The summed E-state index contributed by atoms with van der Waals surface area (Å²) in [5.74, 6) is 0. The van der Waals surface area contributed by atoms with Gasteiger partial charge in [-0.2, -0.15) is 0 Å². The predicted molar refractivity (Wildman–Crippen MR) is 111 cm³/mol. The largest absolute Gasteiger partial charge is 0.323 e. The van der Waals surface area contributed by atoms with E-state index in [1.54, 1.807) is 54.8 Å². The second kappa shape index (κ2) is 8.91. The highest BCUT2D eigenvalue weighted by Gasteiger charge is 2.10. The van der Waals surface area contributed by atoms with Crippen LogP contribution in [-0.2, 0) is 13.1 Å². The van der Waals surface area contributed by atoms with E-state index < -0.39 is 0 Å². The fourth-order valence-electron chi connectivity index (χ4n) is 2.62. The second-order valence-corrected chi connectivity index (χ2v) is 7.09. The molecule has 0 fully saturated rings. The third-order valence-electron chi connectivity index (χ3n) is 4.09. The summed E-state index contributed by atoms with van der Waals surface area (Å²) in [7, 11) is 1.70. The van der Waals surface area contributed by atoms with Crippen molar-refractivity contribution in [3.63, 3.8) is 0 Å². The van der Waals surface area contributed by atoms with Gasteiger partial charge in [0.25, 0.3) is 5.56 Å². The van der Waals surface area contributed by atoms with Crippen LogP contribution in [0.3, 0.4) is 0 Å². The molecule has 0 saturated heterocycles. The van der Waals surface area contributed by atoms with Gasteiger partial charge in [0.05, 0.1) is 22.3 Å². The first-order valence-electron chi connectivity index (χ1n) is 8.48. The summed E-state index contributed by atoms with van der Waals surface area (Å²) >= 11 is 12.0. The highest BCUT2D eigenvalue weighted by atomic mass is 35.5. The van der Waals surface area contributed by atoms with Crippen LogP contribution in [0.25, 0.3) is 0 Å². The number of nitrogens with zero attached hydrogens (tertiary/aromatic N) is 3. The number of amides is 2. The molecule has 3 rings (SSSR count). The SMILES string of the molecule is CN(Cc1ccncc1)C(=O)Nc1ccc(=O)n(Cc2ccc(Cl)c(Cl)c2)c1. The van der Waals surface area contributed by atoms with Gasteiger partial charge in [0.1, 0.15) is 0 Å². The molecule has 0 spiro atoms. The Morgan fingerprint density at radius 2 is 1.82 bits per heavy atom. The molecule has 6 nitrogen and oxygen atoms in total. The van der Waals surface area contributed by atoms with Gasteiger partial charge in [0.15, 0.2) is 0 Å². The molecule has 28 heavy (non-hydrogen) atoms. The van der Waals surface area contributed by atoms with Crippen molar-refractivity contribution in [2.45, 2.75) is 13.1 Å². The van der Waals surface area contributed by atoms with E-state index in [9.17, 15) is 9.59 Å². The van der Waals surface area contributed by atoms with E-state index in [0.717, 1.165) is 11.1 Å². The van der Waals surface area contributed by atoms with Crippen LogP contribution >= 0.6 is 23.2 Å². The summed E-state index contributed by atoms with van der Waals surface area (Å²) in [4.78, 5) is 30.1. The molecule has 2 heterocycles.